The standard InChI is InChI=1S/C46H76N2O7S/c1-28(2)30-13-19-46(47-22-16-33(29(3)49)48-23-25-56(53,54)26-24-48)21-20-44(9)31(38(30)46)11-12-35-43(8)17-15-36(42(6,7)34(43)14-18-45(35,44)10)55-40(52)39-32(27-37(50)51)41(39,4)5/h29-36,38-39,47,49H,1,11-27H2,2-10H3,(H,50,51)/t29?,30-,31+,32+,33?,34-,35+,36-,38+,39+,43-,44+,45+,46-/m0/s1. The Kier molecular flexibility index (Phi) is 10.9. The van der Waals surface area contributed by atoms with E-state index in [0.29, 0.717) is 42.7 Å². The van der Waals surface area contributed by atoms with E-state index in [4.69, 9.17) is 4.74 Å². The molecular weight excluding hydrogens is 725 g/mol. The van der Waals surface area contributed by atoms with E-state index in [1.807, 2.05) is 20.8 Å². The lowest BCUT2D eigenvalue weighted by Crippen LogP contribution is -2.69. The Balaban J connectivity index is 1.08. The molecule has 6 aliphatic carbocycles. The van der Waals surface area contributed by atoms with Crippen molar-refractivity contribution in [1.82, 2.24) is 10.2 Å². The number of aliphatic hydroxyl groups excluding tert-OH is 1. The number of carboxylic acid groups (broad SMARTS) is 1. The number of rotatable bonds is 11. The van der Waals surface area contributed by atoms with Gasteiger partial charge in [-0.25, -0.2) is 8.42 Å². The van der Waals surface area contributed by atoms with Crippen LogP contribution in [0.5, 0.6) is 0 Å². The molecule has 14 atom stereocenters. The average Bonchev–Trinajstić information content (AvgIpc) is 3.41. The lowest BCUT2D eigenvalue weighted by molar-refractivity contribution is -0.246. The van der Waals surface area contributed by atoms with Crippen molar-refractivity contribution >= 4 is 21.8 Å². The summed E-state index contributed by atoms with van der Waals surface area (Å²) in [5, 5.41) is 24.5. The van der Waals surface area contributed by atoms with E-state index in [9.17, 15) is 28.2 Å². The molecular formula is C46H76N2O7S. The first-order valence-electron chi connectivity index (χ1n) is 22.4. The molecule has 9 nitrogen and oxygen atoms in total. The summed E-state index contributed by atoms with van der Waals surface area (Å²) in [6.45, 7) is 27.2. The molecule has 0 aromatic carbocycles. The third-order valence-corrected chi connectivity index (χ3v) is 20.9. The lowest BCUT2D eigenvalue weighted by Gasteiger charge is -2.73. The van der Waals surface area contributed by atoms with Gasteiger partial charge in [0.25, 0.3) is 0 Å². The monoisotopic (exact) mass is 801 g/mol. The molecule has 0 aromatic rings. The third-order valence-electron chi connectivity index (χ3n) is 19.3. The number of aliphatic carboxylic acids is 1. The number of hydrogen-bond donors (Lipinski definition) is 3. The van der Waals surface area contributed by atoms with Gasteiger partial charge in [0.2, 0.25) is 0 Å². The molecule has 6 saturated carbocycles. The van der Waals surface area contributed by atoms with Crippen LogP contribution in [-0.4, -0.2) is 90.4 Å². The number of nitrogens with zero attached hydrogens (tertiary/aromatic N) is 1. The van der Waals surface area contributed by atoms with Gasteiger partial charge in [0.15, 0.2) is 9.84 Å². The Morgan fingerprint density at radius 2 is 1.55 bits per heavy atom. The SMILES string of the molecule is C=C(C)[C@@H]1CC[C@]2(NCCC(C(C)O)N3CCS(=O)(=O)CC3)CC[C@]3(C)[C@H](CC[C@@H]4[C@@]5(C)CC[C@H](OC(=O)[C@H]6[C@@H](CC(=O)O)C6(C)C)C(C)(C)[C@@H]5CC[C@]43C)[C@@H]12. The van der Waals surface area contributed by atoms with Gasteiger partial charge in [0.1, 0.15) is 6.10 Å². The highest BCUT2D eigenvalue weighted by molar-refractivity contribution is 7.91. The molecule has 56 heavy (non-hydrogen) atoms. The number of carbonyl (C=O) groups excluding carboxylic acids is 1. The van der Waals surface area contributed by atoms with E-state index in [2.05, 4.69) is 58.3 Å². The molecule has 0 amide bonds. The first kappa shape index (κ1) is 42.6. The zero-order chi connectivity index (χ0) is 41.0. The Hall–Kier alpha value is -1.49. The quantitative estimate of drug-likeness (QED) is 0.143. The van der Waals surface area contributed by atoms with Crippen LogP contribution in [-0.2, 0) is 24.2 Å². The van der Waals surface area contributed by atoms with Crippen LogP contribution in [0.25, 0.3) is 0 Å². The molecule has 7 fully saturated rings. The van der Waals surface area contributed by atoms with Crippen molar-refractivity contribution in [2.45, 2.75) is 163 Å². The number of hydrogen-bond acceptors (Lipinski definition) is 8. The van der Waals surface area contributed by atoms with Crippen LogP contribution in [0, 0.1) is 68.5 Å². The number of carboxylic acids is 1. The van der Waals surface area contributed by atoms with Crippen LogP contribution >= 0.6 is 0 Å². The molecule has 0 aromatic heterocycles. The van der Waals surface area contributed by atoms with Crippen LogP contribution in [0.2, 0.25) is 0 Å². The van der Waals surface area contributed by atoms with E-state index >= 15 is 0 Å². The molecule has 3 N–H and O–H groups in total. The first-order chi connectivity index (χ1) is 26.0. The van der Waals surface area contributed by atoms with Gasteiger partial charge in [0, 0.05) is 36.5 Å². The second-order valence-electron chi connectivity index (χ2n) is 22.3. The maximum absolute atomic E-state index is 13.6. The number of ether oxygens (including phenoxy) is 1. The fourth-order valence-electron chi connectivity index (χ4n) is 15.9. The van der Waals surface area contributed by atoms with Crippen molar-refractivity contribution in [3.8, 4) is 0 Å². The summed E-state index contributed by atoms with van der Waals surface area (Å²) in [6, 6.07) is -0.0532. The van der Waals surface area contributed by atoms with Gasteiger partial charge in [-0.05, 0) is 148 Å². The number of fused-ring (bicyclic) bond motifs is 7. The summed E-state index contributed by atoms with van der Waals surface area (Å²) < 4.78 is 30.8. The number of allylic oxidation sites excluding steroid dienone is 1. The van der Waals surface area contributed by atoms with Crippen molar-refractivity contribution in [2.24, 2.45) is 68.5 Å². The number of aliphatic hydroxyl groups is 1. The zero-order valence-electron chi connectivity index (χ0n) is 36.3. The highest BCUT2D eigenvalue weighted by Crippen LogP contribution is 2.76. The fourth-order valence-corrected chi connectivity index (χ4v) is 17.1. The molecule has 318 valence electrons. The number of esters is 1. The maximum atomic E-state index is 13.6. The Morgan fingerprint density at radius 1 is 0.875 bits per heavy atom. The van der Waals surface area contributed by atoms with Crippen LogP contribution in [0.1, 0.15) is 139 Å². The maximum Gasteiger partial charge on any atom is 0.310 e. The molecule has 0 radical (unpaired) electrons. The molecule has 7 rings (SSSR count). The largest absolute Gasteiger partial charge is 0.481 e. The molecule has 7 aliphatic rings. The summed E-state index contributed by atoms with van der Waals surface area (Å²) in [7, 11) is -2.98. The Bertz CT molecular complexity index is 1660. The lowest BCUT2D eigenvalue weighted by atomic mass is 9.32. The minimum Gasteiger partial charge on any atom is -0.481 e. The summed E-state index contributed by atoms with van der Waals surface area (Å²) in [4.78, 5) is 27.4. The second-order valence-corrected chi connectivity index (χ2v) is 24.6. The predicted octanol–water partition coefficient (Wildman–Crippen LogP) is 7.51. The Morgan fingerprint density at radius 3 is 2.18 bits per heavy atom. The topological polar surface area (TPSA) is 133 Å². The Labute approximate surface area is 338 Å². The summed E-state index contributed by atoms with van der Waals surface area (Å²) in [6.07, 6.45) is 11.6. The van der Waals surface area contributed by atoms with Gasteiger partial charge in [-0.15, -0.1) is 0 Å². The molecule has 0 bridgehead atoms. The smallest absolute Gasteiger partial charge is 0.310 e. The van der Waals surface area contributed by atoms with E-state index < -0.39 is 21.9 Å². The van der Waals surface area contributed by atoms with Gasteiger partial charge < -0.3 is 20.3 Å². The molecule has 1 aliphatic heterocycles. The van der Waals surface area contributed by atoms with Crippen molar-refractivity contribution in [2.75, 3.05) is 31.1 Å². The average molecular weight is 801 g/mol. The van der Waals surface area contributed by atoms with Gasteiger partial charge in [-0.2, -0.15) is 0 Å². The molecule has 2 unspecified atom stereocenters. The van der Waals surface area contributed by atoms with Gasteiger partial charge in [-0.1, -0.05) is 60.6 Å². The van der Waals surface area contributed by atoms with Crippen LogP contribution < -0.4 is 5.32 Å². The van der Waals surface area contributed by atoms with Gasteiger partial charge >= 0.3 is 11.9 Å². The minimum atomic E-state index is -2.98. The second kappa shape index (κ2) is 14.3. The summed E-state index contributed by atoms with van der Waals surface area (Å²) >= 11 is 0. The van der Waals surface area contributed by atoms with Crippen molar-refractivity contribution in [3.63, 3.8) is 0 Å². The van der Waals surface area contributed by atoms with Gasteiger partial charge in [0.05, 0.1) is 23.5 Å². The molecule has 10 heteroatoms. The van der Waals surface area contributed by atoms with Gasteiger partial charge in [-0.3, -0.25) is 14.5 Å². The van der Waals surface area contributed by atoms with E-state index in [1.165, 1.54) is 37.7 Å². The van der Waals surface area contributed by atoms with E-state index in [0.717, 1.165) is 45.1 Å². The number of sulfone groups is 1. The normalized spacial score (nSPS) is 45.9. The van der Waals surface area contributed by atoms with Crippen molar-refractivity contribution < 1.29 is 33.0 Å². The van der Waals surface area contributed by atoms with Crippen LogP contribution in [0.4, 0.5) is 0 Å². The predicted molar refractivity (Wildman–Crippen MR) is 220 cm³/mol. The fraction of sp³-hybridized carbons (Fsp3) is 0.913. The van der Waals surface area contributed by atoms with Crippen molar-refractivity contribution in [3.05, 3.63) is 12.2 Å². The molecule has 1 heterocycles. The number of carbonyl (C=O) groups is 2. The van der Waals surface area contributed by atoms with Crippen molar-refractivity contribution in [1.29, 1.82) is 0 Å². The first-order valence-corrected chi connectivity index (χ1v) is 24.2. The minimum absolute atomic E-state index is 0.0186. The van der Waals surface area contributed by atoms with E-state index in [-0.39, 0.29) is 80.5 Å². The van der Waals surface area contributed by atoms with E-state index in [1.54, 1.807) is 0 Å². The molecule has 1 saturated heterocycles. The highest BCUT2D eigenvalue weighted by Gasteiger charge is 2.71. The third kappa shape index (κ3) is 6.67. The highest BCUT2D eigenvalue weighted by atomic mass is 32.2. The summed E-state index contributed by atoms with van der Waals surface area (Å²) in [5.41, 5.74) is 1.42. The summed E-state index contributed by atoms with van der Waals surface area (Å²) in [5.74, 6) is 1.48. The number of nitrogens with one attached hydrogen (secondary N) is 1. The van der Waals surface area contributed by atoms with Crippen LogP contribution in [0.15, 0.2) is 12.2 Å². The molecule has 0 spiro atoms. The van der Waals surface area contributed by atoms with Crippen LogP contribution in [0.3, 0.4) is 0 Å². The zero-order valence-corrected chi connectivity index (χ0v) is 37.1.